The Bertz CT molecular complexity index is 4050. The number of nitriles is 1. The SMILES string of the molecule is N#Cc1cc(-c2nc(-c3ccccc3)nc(-c3ccccc3)n2)ccc1-n1c2ccccc2c2ccc3c(c4ccccc4n3-c3ccc(-c4nc(-c5ccccc5)nc(-c5ccccc5)n4)cc3)c21. The van der Waals surface area contributed by atoms with E-state index < -0.39 is 0 Å². The minimum Gasteiger partial charge on any atom is -0.309 e. The van der Waals surface area contributed by atoms with Crippen molar-refractivity contribution in [3.8, 4) is 85.8 Å². The summed E-state index contributed by atoms with van der Waals surface area (Å²) < 4.78 is 4.57. The maximum Gasteiger partial charge on any atom is 0.164 e. The van der Waals surface area contributed by atoms with Crippen LogP contribution < -0.4 is 0 Å². The fourth-order valence-corrected chi connectivity index (χ4v) is 9.63. The lowest BCUT2D eigenvalue weighted by Crippen LogP contribution is -2.02. The summed E-state index contributed by atoms with van der Waals surface area (Å²) in [5.41, 5.74) is 11.5. The quantitative estimate of drug-likeness (QED) is 0.149. The van der Waals surface area contributed by atoms with Gasteiger partial charge in [0.1, 0.15) is 6.07 Å². The summed E-state index contributed by atoms with van der Waals surface area (Å²) in [5.74, 6) is 3.43. The maximum absolute atomic E-state index is 11.1. The van der Waals surface area contributed by atoms with Crippen LogP contribution in [0.15, 0.2) is 224 Å². The van der Waals surface area contributed by atoms with Crippen molar-refractivity contribution in [3.05, 3.63) is 230 Å². The standard InChI is InChI=1S/C61H37N9/c62-38-45-37-44(61-67-58(41-21-9-3-10-22-41)64-59(68-61)42-23-11-4-12-24-42)31-35-50(45)70-51-27-15-13-25-47(51)48-34-36-53-54(55(48)70)49-26-14-16-28-52(49)69(53)46-32-29-43(30-33-46)60-65-56(39-17-5-1-6-18-39)63-57(66-60)40-19-7-2-8-20-40/h1-37H. The van der Waals surface area contributed by atoms with Crippen molar-refractivity contribution < 1.29 is 0 Å². The molecule has 0 spiro atoms. The smallest absolute Gasteiger partial charge is 0.164 e. The molecule has 9 nitrogen and oxygen atoms in total. The lowest BCUT2D eigenvalue weighted by Gasteiger charge is -2.13. The van der Waals surface area contributed by atoms with Crippen molar-refractivity contribution in [1.29, 1.82) is 5.26 Å². The molecular weight excluding hydrogens is 859 g/mol. The van der Waals surface area contributed by atoms with Gasteiger partial charge in [0.25, 0.3) is 0 Å². The topological polar surface area (TPSA) is 111 Å². The first-order valence-electron chi connectivity index (χ1n) is 23.0. The summed E-state index contributed by atoms with van der Waals surface area (Å²) in [5, 5.41) is 15.4. The van der Waals surface area contributed by atoms with Gasteiger partial charge in [-0.1, -0.05) is 164 Å². The molecule has 13 aromatic rings. The van der Waals surface area contributed by atoms with Crippen LogP contribution in [0.1, 0.15) is 5.56 Å². The Hall–Kier alpha value is -9.91. The Labute approximate surface area is 402 Å². The minimum absolute atomic E-state index is 0.484. The summed E-state index contributed by atoms with van der Waals surface area (Å²) in [6.45, 7) is 0. The lowest BCUT2D eigenvalue weighted by molar-refractivity contribution is 1.07. The average molecular weight is 896 g/mol. The molecule has 9 aromatic carbocycles. The monoisotopic (exact) mass is 895 g/mol. The second kappa shape index (κ2) is 16.8. The zero-order chi connectivity index (χ0) is 46.5. The van der Waals surface area contributed by atoms with Crippen LogP contribution in [-0.4, -0.2) is 39.0 Å². The van der Waals surface area contributed by atoms with Gasteiger partial charge in [0.05, 0.1) is 33.3 Å². The Morgan fingerprint density at radius 3 is 1.20 bits per heavy atom. The zero-order valence-corrected chi connectivity index (χ0v) is 37.4. The van der Waals surface area contributed by atoms with Crippen molar-refractivity contribution in [3.63, 3.8) is 0 Å². The molecule has 0 saturated carbocycles. The highest BCUT2D eigenvalue weighted by Crippen LogP contribution is 2.43. The molecule has 13 rings (SSSR count). The first kappa shape index (κ1) is 40.4. The van der Waals surface area contributed by atoms with Crippen LogP contribution in [0.2, 0.25) is 0 Å². The van der Waals surface area contributed by atoms with Gasteiger partial charge >= 0.3 is 0 Å². The molecule has 0 radical (unpaired) electrons. The maximum atomic E-state index is 11.1. The summed E-state index contributed by atoms with van der Waals surface area (Å²) >= 11 is 0. The number of nitrogens with zero attached hydrogens (tertiary/aromatic N) is 9. The van der Waals surface area contributed by atoms with Crippen molar-refractivity contribution >= 4 is 43.6 Å². The normalized spacial score (nSPS) is 11.4. The highest BCUT2D eigenvalue weighted by Gasteiger charge is 2.23. The number of hydrogen-bond acceptors (Lipinski definition) is 7. The van der Waals surface area contributed by atoms with Crippen LogP contribution in [0.25, 0.3) is 123 Å². The number of hydrogen-bond donors (Lipinski definition) is 0. The fraction of sp³-hybridized carbons (Fsp3) is 0. The predicted octanol–water partition coefficient (Wildman–Crippen LogP) is 14.1. The number of fused-ring (bicyclic) bond motifs is 7. The Balaban J connectivity index is 0.972. The number of rotatable bonds is 8. The second-order valence-electron chi connectivity index (χ2n) is 17.0. The molecule has 0 bridgehead atoms. The molecule has 70 heavy (non-hydrogen) atoms. The minimum atomic E-state index is 0.484. The van der Waals surface area contributed by atoms with E-state index in [1.54, 1.807) is 0 Å². The van der Waals surface area contributed by atoms with Gasteiger partial charge in [-0.05, 0) is 60.7 Å². The van der Waals surface area contributed by atoms with E-state index in [2.05, 4.69) is 100 Å². The Kier molecular flexibility index (Phi) is 9.66. The molecule has 0 unspecified atom stereocenters. The van der Waals surface area contributed by atoms with Gasteiger partial charge < -0.3 is 9.13 Å². The summed E-state index contributed by atoms with van der Waals surface area (Å²) in [4.78, 5) is 29.7. The van der Waals surface area contributed by atoms with Gasteiger partial charge in [-0.2, -0.15) is 5.26 Å². The van der Waals surface area contributed by atoms with E-state index in [1.165, 1.54) is 0 Å². The van der Waals surface area contributed by atoms with Crippen LogP contribution >= 0.6 is 0 Å². The van der Waals surface area contributed by atoms with E-state index in [-0.39, 0.29) is 0 Å². The van der Waals surface area contributed by atoms with Gasteiger partial charge in [-0.3, -0.25) is 0 Å². The molecule has 0 aliphatic carbocycles. The van der Waals surface area contributed by atoms with Crippen molar-refractivity contribution in [2.24, 2.45) is 0 Å². The fourth-order valence-electron chi connectivity index (χ4n) is 9.63. The van der Waals surface area contributed by atoms with Crippen LogP contribution in [0.5, 0.6) is 0 Å². The first-order chi connectivity index (χ1) is 34.7. The summed E-state index contributed by atoms with van der Waals surface area (Å²) in [7, 11) is 0. The average Bonchev–Trinajstić information content (AvgIpc) is 3.96. The van der Waals surface area contributed by atoms with Crippen molar-refractivity contribution in [1.82, 2.24) is 39.0 Å². The molecule has 0 saturated heterocycles. The third-order valence-electron chi connectivity index (χ3n) is 12.9. The largest absolute Gasteiger partial charge is 0.309 e. The predicted molar refractivity (Wildman–Crippen MR) is 279 cm³/mol. The molecular formula is C61H37N9. The van der Waals surface area contributed by atoms with Crippen LogP contribution in [-0.2, 0) is 0 Å². The van der Waals surface area contributed by atoms with Gasteiger partial charge in [-0.25, -0.2) is 29.9 Å². The van der Waals surface area contributed by atoms with E-state index in [4.69, 9.17) is 29.9 Å². The lowest BCUT2D eigenvalue weighted by atomic mass is 10.1. The highest BCUT2D eigenvalue weighted by atomic mass is 15.1. The van der Waals surface area contributed by atoms with Gasteiger partial charge in [-0.15, -0.1) is 0 Å². The highest BCUT2D eigenvalue weighted by molar-refractivity contribution is 6.26. The second-order valence-corrected chi connectivity index (χ2v) is 17.0. The Morgan fingerprint density at radius 2 is 0.714 bits per heavy atom. The summed E-state index contributed by atoms with van der Waals surface area (Å²) in [6, 6.07) is 78.2. The molecule has 0 amide bonds. The molecule has 4 aromatic heterocycles. The molecule has 0 atom stereocenters. The molecule has 9 heteroatoms. The molecule has 0 N–H and O–H groups in total. The zero-order valence-electron chi connectivity index (χ0n) is 37.4. The molecule has 0 aliphatic rings. The Morgan fingerprint density at radius 1 is 0.314 bits per heavy atom. The van der Waals surface area contributed by atoms with E-state index >= 15 is 0 Å². The number of benzene rings is 9. The van der Waals surface area contributed by atoms with E-state index in [1.807, 2.05) is 140 Å². The molecule has 326 valence electrons. The molecule has 4 heterocycles. The number of para-hydroxylation sites is 2. The van der Waals surface area contributed by atoms with E-state index in [9.17, 15) is 5.26 Å². The van der Waals surface area contributed by atoms with Crippen LogP contribution in [0.4, 0.5) is 0 Å². The molecule has 0 aliphatic heterocycles. The van der Waals surface area contributed by atoms with Gasteiger partial charge in [0.2, 0.25) is 0 Å². The van der Waals surface area contributed by atoms with Crippen molar-refractivity contribution in [2.45, 2.75) is 0 Å². The van der Waals surface area contributed by atoms with Gasteiger partial charge in [0, 0.05) is 60.6 Å². The van der Waals surface area contributed by atoms with E-state index in [0.29, 0.717) is 46.1 Å². The van der Waals surface area contributed by atoms with Crippen LogP contribution in [0.3, 0.4) is 0 Å². The first-order valence-corrected chi connectivity index (χ1v) is 23.0. The van der Waals surface area contributed by atoms with Gasteiger partial charge in [0.15, 0.2) is 34.9 Å². The molecule has 0 fully saturated rings. The third kappa shape index (κ3) is 6.86. The van der Waals surface area contributed by atoms with Crippen molar-refractivity contribution in [2.75, 3.05) is 0 Å². The third-order valence-corrected chi connectivity index (χ3v) is 12.9. The van der Waals surface area contributed by atoms with Crippen LogP contribution in [0, 0.1) is 11.3 Å². The number of aromatic nitrogens is 8. The van der Waals surface area contributed by atoms with E-state index in [0.717, 1.165) is 82.8 Å². The summed E-state index contributed by atoms with van der Waals surface area (Å²) in [6.07, 6.45) is 0.